The van der Waals surface area contributed by atoms with Gasteiger partial charge >= 0.3 is 5.97 Å². The molecule has 1 aromatic heterocycles. The smallest absolute Gasteiger partial charge is 0.357 e. The molecule has 0 saturated carbocycles. The molecule has 1 heterocycles. The number of nitrogens with zero attached hydrogens (tertiary/aromatic N) is 1. The van der Waals surface area contributed by atoms with Crippen molar-refractivity contribution in [2.24, 2.45) is 0 Å². The minimum Gasteiger partial charge on any atom is -0.461 e. The monoisotopic (exact) mass is 167 g/mol. The van der Waals surface area contributed by atoms with Crippen molar-refractivity contribution in [1.29, 1.82) is 0 Å². The van der Waals surface area contributed by atoms with Crippen LogP contribution in [0.3, 0.4) is 0 Å². The van der Waals surface area contributed by atoms with Crippen LogP contribution in [0.5, 0.6) is 0 Å². The van der Waals surface area contributed by atoms with Gasteiger partial charge in [-0.05, 0) is 6.92 Å². The summed E-state index contributed by atoms with van der Waals surface area (Å²) in [5, 5.41) is 1.58. The molecule has 3 nitrogen and oxygen atoms in total. The Morgan fingerprint density at radius 3 is 3.09 bits per heavy atom. The molecule has 0 aromatic carbocycles. The van der Waals surface area contributed by atoms with Crippen molar-refractivity contribution in [3.05, 3.63) is 11.1 Å². The maximum Gasteiger partial charge on any atom is 0.357 e. The van der Waals surface area contributed by atoms with E-state index in [9.17, 15) is 4.79 Å². The lowest BCUT2D eigenvalue weighted by atomic mass is 10.2. The van der Waals surface area contributed by atoms with E-state index in [0.29, 0.717) is 11.5 Å². The molecular weight excluding hydrogens is 161 g/mol. The average Bonchev–Trinajstić information content (AvgIpc) is 2.36. The Morgan fingerprint density at radius 2 is 2.64 bits per heavy atom. The van der Waals surface area contributed by atoms with Crippen molar-refractivity contribution in [2.45, 2.75) is 6.92 Å². The second kappa shape index (κ2) is 3.53. The van der Waals surface area contributed by atoms with E-state index in [2.05, 4.69) is 4.98 Å². The Hall–Kier alpha value is -0.835. The normalized spacial score (nSPS) is 9.55. The highest BCUT2D eigenvalue weighted by Gasteiger charge is 2.08. The predicted octanol–water partition coefficient (Wildman–Crippen LogP) is 0.114. The highest BCUT2D eigenvalue weighted by atomic mass is 32.1. The summed E-state index contributed by atoms with van der Waals surface area (Å²) < 4.78 is 4.69. The fourth-order valence-electron chi connectivity index (χ4n) is 0.586. The van der Waals surface area contributed by atoms with E-state index < -0.39 is 5.97 Å². The van der Waals surface area contributed by atoms with Crippen LogP contribution in [-0.2, 0) is 4.74 Å². The second-order valence-electron chi connectivity index (χ2n) is 1.79. The number of esters is 1. The molecule has 5 heteroatoms. The lowest BCUT2D eigenvalue weighted by molar-refractivity contribution is 0.0520. The van der Waals surface area contributed by atoms with Crippen molar-refractivity contribution >= 4 is 30.1 Å². The first-order valence-electron chi connectivity index (χ1n) is 3.12. The molecule has 2 radical (unpaired) electrons. The van der Waals surface area contributed by atoms with E-state index in [0.717, 1.165) is 0 Å². The van der Waals surface area contributed by atoms with Crippen LogP contribution in [0.1, 0.15) is 17.4 Å². The SMILES string of the molecule is [B]c1nc(C(=O)OCC)cs1. The maximum atomic E-state index is 10.9. The summed E-state index contributed by atoms with van der Waals surface area (Å²) in [5.74, 6) is -0.416. The molecule has 1 aromatic rings. The van der Waals surface area contributed by atoms with Crippen LogP contribution in [0, 0.1) is 0 Å². The molecular formula is C6H6BNO2S. The predicted molar refractivity (Wildman–Crippen MR) is 43.5 cm³/mol. The summed E-state index contributed by atoms with van der Waals surface area (Å²) in [6.45, 7) is 2.10. The molecule has 56 valence electrons. The molecule has 0 amide bonds. The largest absolute Gasteiger partial charge is 0.461 e. The first-order chi connectivity index (χ1) is 5.24. The molecule has 0 N–H and O–H groups in total. The molecule has 0 bridgehead atoms. The van der Waals surface area contributed by atoms with Gasteiger partial charge in [0.1, 0.15) is 0 Å². The lowest BCUT2D eigenvalue weighted by Gasteiger charge is -1.95. The van der Waals surface area contributed by atoms with Crippen LogP contribution in [0.2, 0.25) is 0 Å². The Bertz CT molecular complexity index is 261. The summed E-state index contributed by atoms with van der Waals surface area (Å²) in [6, 6.07) is 0. The lowest BCUT2D eigenvalue weighted by Crippen LogP contribution is -2.08. The number of carbonyl (C=O) groups is 1. The van der Waals surface area contributed by atoms with E-state index >= 15 is 0 Å². The Kier molecular flexibility index (Phi) is 2.65. The third kappa shape index (κ3) is 2.05. The first-order valence-corrected chi connectivity index (χ1v) is 4.00. The average molecular weight is 167 g/mol. The summed E-state index contributed by atoms with van der Waals surface area (Å²) in [4.78, 5) is 15.1. The number of hydrogen-bond donors (Lipinski definition) is 0. The highest BCUT2D eigenvalue weighted by molar-refractivity contribution is 7.17. The van der Waals surface area contributed by atoms with E-state index in [4.69, 9.17) is 12.6 Å². The minimum absolute atomic E-state index is 0.286. The Morgan fingerprint density at radius 1 is 1.91 bits per heavy atom. The standard InChI is InChI=1S/C6H6BNO2S/c1-2-10-5(9)4-3-11-6(7)8-4/h3H,2H2,1H3. The maximum absolute atomic E-state index is 10.9. The van der Waals surface area contributed by atoms with E-state index in [1.165, 1.54) is 11.3 Å². The number of carbonyl (C=O) groups excluding carboxylic acids is 1. The van der Waals surface area contributed by atoms with Crippen LogP contribution in [-0.4, -0.2) is 25.4 Å². The third-order valence-electron chi connectivity index (χ3n) is 1.01. The summed E-state index contributed by atoms with van der Waals surface area (Å²) >= 11 is 1.22. The summed E-state index contributed by atoms with van der Waals surface area (Å²) in [5.41, 5.74) is 0.286. The van der Waals surface area contributed by atoms with Crippen LogP contribution in [0.25, 0.3) is 0 Å². The van der Waals surface area contributed by atoms with Crippen LogP contribution in [0.4, 0.5) is 0 Å². The zero-order valence-electron chi connectivity index (χ0n) is 6.03. The van der Waals surface area contributed by atoms with Gasteiger partial charge < -0.3 is 4.74 Å². The van der Waals surface area contributed by atoms with Crippen molar-refractivity contribution in [1.82, 2.24) is 4.98 Å². The molecule has 11 heavy (non-hydrogen) atoms. The molecule has 0 unspecified atom stereocenters. The number of rotatable bonds is 2. The van der Waals surface area contributed by atoms with Gasteiger partial charge in [0, 0.05) is 10.3 Å². The zero-order chi connectivity index (χ0) is 8.27. The van der Waals surface area contributed by atoms with E-state index in [-0.39, 0.29) is 5.69 Å². The van der Waals surface area contributed by atoms with Gasteiger partial charge in [-0.3, -0.25) is 0 Å². The van der Waals surface area contributed by atoms with Crippen molar-refractivity contribution in [3.63, 3.8) is 0 Å². The Balaban J connectivity index is 2.69. The molecule has 1 rings (SSSR count). The second-order valence-corrected chi connectivity index (χ2v) is 2.68. The quantitative estimate of drug-likeness (QED) is 0.463. The third-order valence-corrected chi connectivity index (χ3v) is 1.68. The topological polar surface area (TPSA) is 39.2 Å². The molecule has 0 spiro atoms. The van der Waals surface area contributed by atoms with Gasteiger partial charge in [-0.2, -0.15) is 0 Å². The van der Waals surface area contributed by atoms with Gasteiger partial charge in [-0.25, -0.2) is 9.78 Å². The number of hydrogen-bond acceptors (Lipinski definition) is 4. The molecule has 0 saturated heterocycles. The zero-order valence-corrected chi connectivity index (χ0v) is 6.85. The summed E-state index contributed by atoms with van der Waals surface area (Å²) in [7, 11) is 5.31. The Labute approximate surface area is 69.8 Å². The van der Waals surface area contributed by atoms with Crippen LogP contribution < -0.4 is 4.91 Å². The van der Waals surface area contributed by atoms with Gasteiger partial charge in [0.2, 0.25) is 0 Å². The van der Waals surface area contributed by atoms with Gasteiger partial charge in [0.05, 0.1) is 6.61 Å². The molecule has 0 aliphatic carbocycles. The van der Waals surface area contributed by atoms with Gasteiger partial charge in [0.25, 0.3) is 0 Å². The van der Waals surface area contributed by atoms with Gasteiger partial charge in [-0.15, -0.1) is 11.3 Å². The molecule has 0 fully saturated rings. The van der Waals surface area contributed by atoms with Gasteiger partial charge in [-0.1, -0.05) is 0 Å². The number of aromatic nitrogens is 1. The highest BCUT2D eigenvalue weighted by Crippen LogP contribution is 1.99. The molecule has 0 aliphatic heterocycles. The van der Waals surface area contributed by atoms with E-state index in [1.807, 2.05) is 0 Å². The van der Waals surface area contributed by atoms with Crippen LogP contribution >= 0.6 is 11.3 Å². The van der Waals surface area contributed by atoms with E-state index in [1.54, 1.807) is 12.3 Å². The van der Waals surface area contributed by atoms with Crippen LogP contribution in [0.15, 0.2) is 5.38 Å². The fraction of sp³-hybridized carbons (Fsp3) is 0.333. The number of thiazole rings is 1. The minimum atomic E-state index is -0.416. The first kappa shape index (κ1) is 8.26. The molecule has 0 aliphatic rings. The van der Waals surface area contributed by atoms with Crippen molar-refractivity contribution in [3.8, 4) is 0 Å². The van der Waals surface area contributed by atoms with Gasteiger partial charge in [0.15, 0.2) is 13.5 Å². The van der Waals surface area contributed by atoms with Crippen molar-refractivity contribution < 1.29 is 9.53 Å². The number of ether oxygens (including phenoxy) is 1. The fourth-order valence-corrected chi connectivity index (χ4v) is 1.12. The summed E-state index contributed by atoms with van der Waals surface area (Å²) in [6.07, 6.45) is 0. The molecule has 0 atom stereocenters. The van der Waals surface area contributed by atoms with Crippen molar-refractivity contribution in [2.75, 3.05) is 6.61 Å².